The second-order valence-electron chi connectivity index (χ2n) is 5.90. The molecule has 0 aliphatic carbocycles. The van der Waals surface area contributed by atoms with Crippen molar-refractivity contribution < 1.29 is 9.47 Å². The Balaban J connectivity index is 2.33. The van der Waals surface area contributed by atoms with E-state index in [9.17, 15) is 0 Å². The zero-order chi connectivity index (χ0) is 18.2. The quantitative estimate of drug-likeness (QED) is 0.325. The van der Waals surface area contributed by atoms with Gasteiger partial charge in [-0.3, -0.25) is 0 Å². The molecule has 0 amide bonds. The van der Waals surface area contributed by atoms with Crippen LogP contribution in [0.4, 0.5) is 0 Å². The fourth-order valence-corrected chi connectivity index (χ4v) is 2.20. The van der Waals surface area contributed by atoms with Crippen LogP contribution in [0.15, 0.2) is 29.3 Å². The number of guanidine groups is 1. The second-order valence-corrected chi connectivity index (χ2v) is 5.90. The van der Waals surface area contributed by atoms with E-state index in [0.29, 0.717) is 13.2 Å². The molecule has 0 bridgehead atoms. The predicted octanol–water partition coefficient (Wildman–Crippen LogP) is 3.49. The van der Waals surface area contributed by atoms with Crippen LogP contribution < -0.4 is 10.6 Å². The van der Waals surface area contributed by atoms with Crippen LogP contribution in [-0.2, 0) is 22.6 Å². The lowest BCUT2D eigenvalue weighted by molar-refractivity contribution is 0.129. The van der Waals surface area contributed by atoms with Gasteiger partial charge in [0, 0.05) is 32.9 Å². The van der Waals surface area contributed by atoms with E-state index in [0.717, 1.165) is 51.7 Å². The van der Waals surface area contributed by atoms with Crippen molar-refractivity contribution in [3.8, 4) is 0 Å². The number of nitrogens with one attached hydrogen (secondary N) is 2. The molecule has 25 heavy (non-hydrogen) atoms. The SMILES string of the molecule is CCCCOCCCNC(=NCc1ccc(COCC)cc1)NCC. The minimum absolute atomic E-state index is 0.664. The number of aliphatic imine (C=N–C) groups is 1. The zero-order valence-corrected chi connectivity index (χ0v) is 16.1. The van der Waals surface area contributed by atoms with Gasteiger partial charge in [0.2, 0.25) is 0 Å². The predicted molar refractivity (Wildman–Crippen MR) is 105 cm³/mol. The molecule has 0 atom stereocenters. The Morgan fingerprint density at radius 1 is 0.920 bits per heavy atom. The van der Waals surface area contributed by atoms with Crippen molar-refractivity contribution in [2.75, 3.05) is 32.9 Å². The van der Waals surface area contributed by atoms with Crippen LogP contribution in [0.1, 0.15) is 51.2 Å². The summed E-state index contributed by atoms with van der Waals surface area (Å²) >= 11 is 0. The van der Waals surface area contributed by atoms with Gasteiger partial charge in [0.25, 0.3) is 0 Å². The molecule has 1 aromatic rings. The average Bonchev–Trinajstić information content (AvgIpc) is 2.64. The van der Waals surface area contributed by atoms with Crippen LogP contribution in [0, 0.1) is 0 Å². The molecule has 0 saturated heterocycles. The van der Waals surface area contributed by atoms with Gasteiger partial charge in [-0.15, -0.1) is 0 Å². The first-order valence-electron chi connectivity index (χ1n) is 9.55. The van der Waals surface area contributed by atoms with E-state index in [1.54, 1.807) is 0 Å². The number of rotatable bonds is 13. The molecule has 0 fully saturated rings. The summed E-state index contributed by atoms with van der Waals surface area (Å²) in [5.74, 6) is 0.856. The molecule has 0 aliphatic rings. The first-order chi connectivity index (χ1) is 12.3. The molecule has 0 heterocycles. The van der Waals surface area contributed by atoms with E-state index in [1.807, 2.05) is 6.92 Å². The molecule has 5 heteroatoms. The standard InChI is InChI=1S/C20H35N3O2/c1-4-7-14-25-15-8-13-22-20(21-5-2)23-16-18-9-11-19(12-10-18)17-24-6-3/h9-12H,4-8,13-17H2,1-3H3,(H2,21,22,23). The molecular weight excluding hydrogens is 314 g/mol. The van der Waals surface area contributed by atoms with E-state index in [1.165, 1.54) is 17.5 Å². The Morgan fingerprint density at radius 3 is 2.32 bits per heavy atom. The molecule has 5 nitrogen and oxygen atoms in total. The van der Waals surface area contributed by atoms with Crippen molar-refractivity contribution in [1.82, 2.24) is 10.6 Å². The van der Waals surface area contributed by atoms with Crippen LogP contribution in [-0.4, -0.2) is 38.9 Å². The Morgan fingerprint density at radius 2 is 1.64 bits per heavy atom. The van der Waals surface area contributed by atoms with Crippen molar-refractivity contribution >= 4 is 5.96 Å². The molecule has 0 aliphatic heterocycles. The highest BCUT2D eigenvalue weighted by Crippen LogP contribution is 2.07. The maximum atomic E-state index is 5.57. The second kappa shape index (κ2) is 14.7. The van der Waals surface area contributed by atoms with Gasteiger partial charge in [-0.05, 0) is 37.8 Å². The minimum atomic E-state index is 0.664. The summed E-state index contributed by atoms with van der Waals surface area (Å²) in [5.41, 5.74) is 2.39. The van der Waals surface area contributed by atoms with E-state index in [4.69, 9.17) is 9.47 Å². The first-order valence-corrected chi connectivity index (χ1v) is 9.55. The molecular formula is C20H35N3O2. The molecule has 2 N–H and O–H groups in total. The largest absolute Gasteiger partial charge is 0.381 e. The maximum absolute atomic E-state index is 5.57. The van der Waals surface area contributed by atoms with Gasteiger partial charge in [-0.1, -0.05) is 37.6 Å². The normalized spacial score (nSPS) is 11.6. The van der Waals surface area contributed by atoms with Gasteiger partial charge >= 0.3 is 0 Å². The van der Waals surface area contributed by atoms with E-state index in [2.05, 4.69) is 53.7 Å². The highest BCUT2D eigenvalue weighted by molar-refractivity contribution is 5.79. The third-order valence-corrected chi connectivity index (χ3v) is 3.66. The van der Waals surface area contributed by atoms with Gasteiger partial charge in [0.1, 0.15) is 0 Å². The van der Waals surface area contributed by atoms with E-state index in [-0.39, 0.29) is 0 Å². The lowest BCUT2D eigenvalue weighted by Gasteiger charge is -2.11. The molecule has 0 aromatic heterocycles. The van der Waals surface area contributed by atoms with Crippen molar-refractivity contribution in [2.45, 2.75) is 53.2 Å². The monoisotopic (exact) mass is 349 g/mol. The van der Waals surface area contributed by atoms with Crippen molar-refractivity contribution in [3.63, 3.8) is 0 Å². The lowest BCUT2D eigenvalue weighted by Crippen LogP contribution is -2.38. The first kappa shape index (κ1) is 21.5. The summed E-state index contributed by atoms with van der Waals surface area (Å²) in [5, 5.41) is 6.64. The average molecular weight is 350 g/mol. The van der Waals surface area contributed by atoms with Gasteiger partial charge in [-0.2, -0.15) is 0 Å². The summed E-state index contributed by atoms with van der Waals surface area (Å²) < 4.78 is 11.0. The fraction of sp³-hybridized carbons (Fsp3) is 0.650. The van der Waals surface area contributed by atoms with Crippen LogP contribution in [0.2, 0.25) is 0 Å². The number of hydrogen-bond acceptors (Lipinski definition) is 3. The third kappa shape index (κ3) is 10.8. The molecule has 1 aromatic carbocycles. The molecule has 142 valence electrons. The Kier molecular flexibility index (Phi) is 12.6. The Labute approximate surface area is 153 Å². The van der Waals surface area contributed by atoms with Crippen molar-refractivity contribution in [3.05, 3.63) is 35.4 Å². The summed E-state index contributed by atoms with van der Waals surface area (Å²) in [6.07, 6.45) is 3.31. The number of nitrogens with zero attached hydrogens (tertiary/aromatic N) is 1. The molecule has 0 saturated carbocycles. The minimum Gasteiger partial charge on any atom is -0.381 e. The zero-order valence-electron chi connectivity index (χ0n) is 16.1. The highest BCUT2D eigenvalue weighted by Gasteiger charge is 1.99. The molecule has 0 unspecified atom stereocenters. The summed E-state index contributed by atoms with van der Waals surface area (Å²) in [7, 11) is 0. The Bertz CT molecular complexity index is 461. The topological polar surface area (TPSA) is 54.9 Å². The number of benzene rings is 1. The summed E-state index contributed by atoms with van der Waals surface area (Å²) in [4.78, 5) is 4.65. The number of hydrogen-bond donors (Lipinski definition) is 2. The van der Waals surface area contributed by atoms with Gasteiger partial charge < -0.3 is 20.1 Å². The van der Waals surface area contributed by atoms with Crippen molar-refractivity contribution in [1.29, 1.82) is 0 Å². The lowest BCUT2D eigenvalue weighted by atomic mass is 10.1. The number of ether oxygens (including phenoxy) is 2. The maximum Gasteiger partial charge on any atom is 0.191 e. The molecule has 0 radical (unpaired) electrons. The van der Waals surface area contributed by atoms with Crippen LogP contribution in [0.5, 0.6) is 0 Å². The van der Waals surface area contributed by atoms with E-state index < -0.39 is 0 Å². The molecule has 0 spiro atoms. The van der Waals surface area contributed by atoms with Crippen LogP contribution >= 0.6 is 0 Å². The number of unbranched alkanes of at least 4 members (excludes halogenated alkanes) is 1. The fourth-order valence-electron chi connectivity index (χ4n) is 2.20. The van der Waals surface area contributed by atoms with Crippen molar-refractivity contribution in [2.24, 2.45) is 4.99 Å². The van der Waals surface area contributed by atoms with Gasteiger partial charge in [0.05, 0.1) is 13.2 Å². The highest BCUT2D eigenvalue weighted by atomic mass is 16.5. The smallest absolute Gasteiger partial charge is 0.191 e. The Hall–Kier alpha value is -1.59. The summed E-state index contributed by atoms with van der Waals surface area (Å²) in [6.45, 7) is 11.7. The van der Waals surface area contributed by atoms with E-state index >= 15 is 0 Å². The van der Waals surface area contributed by atoms with Crippen LogP contribution in [0.25, 0.3) is 0 Å². The van der Waals surface area contributed by atoms with Gasteiger partial charge in [0.15, 0.2) is 5.96 Å². The van der Waals surface area contributed by atoms with Gasteiger partial charge in [-0.25, -0.2) is 4.99 Å². The summed E-state index contributed by atoms with van der Waals surface area (Å²) in [6, 6.07) is 8.44. The third-order valence-electron chi connectivity index (χ3n) is 3.66. The van der Waals surface area contributed by atoms with Crippen LogP contribution in [0.3, 0.4) is 0 Å². The molecule has 1 rings (SSSR count).